The van der Waals surface area contributed by atoms with Gasteiger partial charge < -0.3 is 15.5 Å². The molecule has 0 unspecified atom stereocenters. The van der Waals surface area contributed by atoms with Crippen LogP contribution in [0.25, 0.3) is 0 Å². The zero-order valence-corrected chi connectivity index (χ0v) is 14.0. The van der Waals surface area contributed by atoms with Crippen molar-refractivity contribution in [3.8, 4) is 0 Å². The number of carbonyl (C=O) groups excluding carboxylic acids is 1. The number of urea groups is 1. The number of hydrogen-bond acceptors (Lipinski definition) is 3. The molecular weight excluding hydrogens is 294 g/mol. The van der Waals surface area contributed by atoms with Crippen LogP contribution in [0.2, 0.25) is 0 Å². The highest BCUT2D eigenvalue weighted by atomic mass is 32.2. The maximum atomic E-state index is 12.0. The highest BCUT2D eigenvalue weighted by Gasteiger charge is 2.18. The summed E-state index contributed by atoms with van der Waals surface area (Å²) in [5.74, 6) is 3.08. The SMILES string of the molecule is Cc1cc(N2CCSCC2)ccc1NC(=O)NCC1CCC1. The number of benzene rings is 1. The van der Waals surface area contributed by atoms with Crippen LogP contribution < -0.4 is 15.5 Å². The second-order valence-electron chi connectivity index (χ2n) is 6.23. The van der Waals surface area contributed by atoms with Crippen molar-refractivity contribution in [1.29, 1.82) is 0 Å². The molecule has 1 aliphatic heterocycles. The molecule has 2 fully saturated rings. The smallest absolute Gasteiger partial charge is 0.319 e. The molecule has 0 atom stereocenters. The minimum atomic E-state index is -0.0860. The Hall–Kier alpha value is -1.36. The molecule has 22 heavy (non-hydrogen) atoms. The molecule has 1 aromatic rings. The van der Waals surface area contributed by atoms with Gasteiger partial charge in [0.05, 0.1) is 0 Å². The highest BCUT2D eigenvalue weighted by Crippen LogP contribution is 2.26. The molecule has 4 nitrogen and oxygen atoms in total. The molecule has 2 aliphatic rings. The van der Waals surface area contributed by atoms with Gasteiger partial charge >= 0.3 is 6.03 Å². The Morgan fingerprint density at radius 1 is 1.32 bits per heavy atom. The van der Waals surface area contributed by atoms with Gasteiger partial charge in [0.25, 0.3) is 0 Å². The number of carbonyl (C=O) groups is 1. The minimum absolute atomic E-state index is 0.0860. The normalized spacial score (nSPS) is 18.7. The predicted octanol–water partition coefficient (Wildman–Crippen LogP) is 3.47. The monoisotopic (exact) mass is 319 g/mol. The van der Waals surface area contributed by atoms with Gasteiger partial charge in [0.15, 0.2) is 0 Å². The molecule has 2 N–H and O–H groups in total. The van der Waals surface area contributed by atoms with Crippen molar-refractivity contribution in [2.45, 2.75) is 26.2 Å². The van der Waals surface area contributed by atoms with E-state index in [1.54, 1.807) is 0 Å². The fraction of sp³-hybridized carbons (Fsp3) is 0.588. The van der Waals surface area contributed by atoms with E-state index >= 15 is 0 Å². The van der Waals surface area contributed by atoms with E-state index in [0.717, 1.165) is 30.9 Å². The van der Waals surface area contributed by atoms with Gasteiger partial charge in [-0.15, -0.1) is 0 Å². The number of nitrogens with zero attached hydrogens (tertiary/aromatic N) is 1. The van der Waals surface area contributed by atoms with Gasteiger partial charge in [-0.3, -0.25) is 0 Å². The summed E-state index contributed by atoms with van der Waals surface area (Å²) in [5, 5.41) is 5.95. The number of rotatable bonds is 4. The average Bonchev–Trinajstić information content (AvgIpc) is 2.48. The van der Waals surface area contributed by atoms with Gasteiger partial charge in [-0.2, -0.15) is 11.8 Å². The largest absolute Gasteiger partial charge is 0.370 e. The lowest BCUT2D eigenvalue weighted by Gasteiger charge is -2.29. The van der Waals surface area contributed by atoms with Crippen molar-refractivity contribution in [2.24, 2.45) is 5.92 Å². The Labute approximate surface area is 137 Å². The van der Waals surface area contributed by atoms with Crippen LogP contribution in [0.3, 0.4) is 0 Å². The summed E-state index contributed by atoms with van der Waals surface area (Å²) in [6, 6.07) is 6.23. The molecule has 120 valence electrons. The summed E-state index contributed by atoms with van der Waals surface area (Å²) in [4.78, 5) is 14.4. The van der Waals surface area contributed by atoms with Crippen molar-refractivity contribution in [2.75, 3.05) is 41.4 Å². The zero-order chi connectivity index (χ0) is 15.4. The molecule has 1 aliphatic carbocycles. The minimum Gasteiger partial charge on any atom is -0.370 e. The van der Waals surface area contributed by atoms with E-state index in [4.69, 9.17) is 0 Å². The summed E-state index contributed by atoms with van der Waals surface area (Å²) in [7, 11) is 0. The molecule has 5 heteroatoms. The van der Waals surface area contributed by atoms with Crippen molar-refractivity contribution < 1.29 is 4.79 Å². The first kappa shape index (κ1) is 15.5. The molecule has 1 aromatic carbocycles. The second kappa shape index (κ2) is 7.27. The van der Waals surface area contributed by atoms with Crippen LogP contribution >= 0.6 is 11.8 Å². The lowest BCUT2D eigenvalue weighted by molar-refractivity contribution is 0.243. The fourth-order valence-corrected chi connectivity index (χ4v) is 3.81. The summed E-state index contributed by atoms with van der Waals surface area (Å²) in [6.45, 7) is 5.08. The molecule has 0 aromatic heterocycles. The average molecular weight is 319 g/mol. The van der Waals surface area contributed by atoms with Gasteiger partial charge in [0.2, 0.25) is 0 Å². The van der Waals surface area contributed by atoms with Crippen molar-refractivity contribution in [3.63, 3.8) is 0 Å². The van der Waals surface area contributed by atoms with Crippen LogP contribution in [0.5, 0.6) is 0 Å². The number of amides is 2. The van der Waals surface area contributed by atoms with Crippen LogP contribution in [0.1, 0.15) is 24.8 Å². The number of nitrogens with one attached hydrogen (secondary N) is 2. The quantitative estimate of drug-likeness (QED) is 0.893. The zero-order valence-electron chi connectivity index (χ0n) is 13.2. The Morgan fingerprint density at radius 3 is 2.73 bits per heavy atom. The Balaban J connectivity index is 1.55. The summed E-state index contributed by atoms with van der Waals surface area (Å²) in [5.41, 5.74) is 3.29. The molecule has 0 spiro atoms. The maximum Gasteiger partial charge on any atom is 0.319 e. The Bertz CT molecular complexity index is 525. The van der Waals surface area contributed by atoms with Crippen LogP contribution in [0, 0.1) is 12.8 Å². The lowest BCUT2D eigenvalue weighted by Crippen LogP contribution is -2.35. The van der Waals surface area contributed by atoms with Crippen LogP contribution in [0.4, 0.5) is 16.2 Å². The first-order valence-corrected chi connectivity index (χ1v) is 9.36. The highest BCUT2D eigenvalue weighted by molar-refractivity contribution is 7.99. The van der Waals surface area contributed by atoms with E-state index < -0.39 is 0 Å². The van der Waals surface area contributed by atoms with Gasteiger partial charge in [-0.05, 0) is 49.4 Å². The van der Waals surface area contributed by atoms with Crippen LogP contribution in [-0.4, -0.2) is 37.2 Å². The number of anilines is 2. The van der Waals surface area contributed by atoms with Crippen molar-refractivity contribution in [1.82, 2.24) is 5.32 Å². The van der Waals surface area contributed by atoms with Crippen molar-refractivity contribution >= 4 is 29.2 Å². The third-order valence-electron chi connectivity index (χ3n) is 4.61. The topological polar surface area (TPSA) is 44.4 Å². The van der Waals surface area contributed by atoms with E-state index in [1.165, 1.54) is 36.5 Å². The molecule has 2 amide bonds. The van der Waals surface area contributed by atoms with Crippen LogP contribution in [-0.2, 0) is 0 Å². The summed E-state index contributed by atoms with van der Waals surface area (Å²) >= 11 is 2.02. The Morgan fingerprint density at radius 2 is 2.09 bits per heavy atom. The number of hydrogen-bond donors (Lipinski definition) is 2. The van der Waals surface area contributed by atoms with Gasteiger partial charge in [0.1, 0.15) is 0 Å². The molecular formula is C17H25N3OS. The van der Waals surface area contributed by atoms with Gasteiger partial charge in [-0.1, -0.05) is 6.42 Å². The summed E-state index contributed by atoms with van der Waals surface area (Å²) < 4.78 is 0. The second-order valence-corrected chi connectivity index (χ2v) is 7.46. The third kappa shape index (κ3) is 3.88. The predicted molar refractivity (Wildman–Crippen MR) is 95.1 cm³/mol. The number of aryl methyl sites for hydroxylation is 1. The van der Waals surface area contributed by atoms with Gasteiger partial charge in [0, 0.05) is 42.5 Å². The number of thioether (sulfide) groups is 1. The van der Waals surface area contributed by atoms with E-state index in [-0.39, 0.29) is 6.03 Å². The molecule has 0 radical (unpaired) electrons. The third-order valence-corrected chi connectivity index (χ3v) is 5.55. The van der Waals surface area contributed by atoms with E-state index in [2.05, 4.69) is 34.6 Å². The van der Waals surface area contributed by atoms with Crippen LogP contribution in [0.15, 0.2) is 18.2 Å². The molecule has 1 heterocycles. The standard InChI is InChI=1S/C17H25N3OS/c1-13-11-15(20-7-9-22-10-8-20)5-6-16(13)19-17(21)18-12-14-3-2-4-14/h5-6,11,14H,2-4,7-10,12H2,1H3,(H2,18,19,21). The molecule has 3 rings (SSSR count). The van der Waals surface area contributed by atoms with E-state index in [0.29, 0.717) is 5.92 Å². The van der Waals surface area contributed by atoms with Crippen molar-refractivity contribution in [3.05, 3.63) is 23.8 Å². The fourth-order valence-electron chi connectivity index (χ4n) is 2.91. The lowest BCUT2D eigenvalue weighted by atomic mass is 9.85. The Kier molecular flexibility index (Phi) is 5.13. The van der Waals surface area contributed by atoms with E-state index in [1.807, 2.05) is 17.8 Å². The van der Waals surface area contributed by atoms with Gasteiger partial charge in [-0.25, -0.2) is 4.79 Å². The summed E-state index contributed by atoms with van der Waals surface area (Å²) in [6.07, 6.45) is 3.81. The first-order valence-electron chi connectivity index (χ1n) is 8.20. The molecule has 0 bridgehead atoms. The maximum absolute atomic E-state index is 12.0. The molecule has 1 saturated carbocycles. The first-order chi connectivity index (χ1) is 10.7. The molecule has 1 saturated heterocycles. The van der Waals surface area contributed by atoms with E-state index in [9.17, 15) is 4.79 Å².